The molecule has 0 bridgehead atoms. The van der Waals surface area contributed by atoms with E-state index < -0.39 is 42.0 Å². The van der Waals surface area contributed by atoms with Crippen LogP contribution in [0.1, 0.15) is 38.2 Å². The number of carbonyl (C=O) groups is 4. The molecule has 2 aliphatic rings. The first-order chi connectivity index (χ1) is 14.6. The van der Waals surface area contributed by atoms with Crippen molar-refractivity contribution in [1.29, 1.82) is 0 Å². The number of hydrogen-bond donors (Lipinski definition) is 2. The number of nitrogens with one attached hydrogen (secondary N) is 2. The number of halogens is 3. The summed E-state index contributed by atoms with van der Waals surface area (Å²) in [6, 6.07) is 5.41. The SMILES string of the molecule is CCN(Cc1cccc(NC(=O)CN2C(=O)NC3(CCCC3)C2=O)c1)C(=O)C(F)(F)F. The van der Waals surface area contributed by atoms with Crippen molar-refractivity contribution >= 4 is 29.4 Å². The Balaban J connectivity index is 1.63. The number of carbonyl (C=O) groups excluding carboxylic acids is 4. The van der Waals surface area contributed by atoms with Gasteiger partial charge in [0, 0.05) is 18.8 Å². The van der Waals surface area contributed by atoms with E-state index >= 15 is 0 Å². The highest BCUT2D eigenvalue weighted by atomic mass is 19.4. The number of urea groups is 1. The Morgan fingerprint density at radius 3 is 2.52 bits per heavy atom. The first-order valence-corrected chi connectivity index (χ1v) is 9.95. The maximum Gasteiger partial charge on any atom is 0.471 e. The molecule has 0 atom stereocenters. The third kappa shape index (κ3) is 4.80. The first-order valence-electron chi connectivity index (χ1n) is 9.95. The highest BCUT2D eigenvalue weighted by molar-refractivity contribution is 6.10. The highest BCUT2D eigenvalue weighted by Crippen LogP contribution is 2.35. The summed E-state index contributed by atoms with van der Waals surface area (Å²) in [5.41, 5.74) is -0.246. The van der Waals surface area contributed by atoms with Gasteiger partial charge in [0.2, 0.25) is 5.91 Å². The molecule has 1 aliphatic carbocycles. The second-order valence-electron chi connectivity index (χ2n) is 7.68. The molecule has 5 amide bonds. The fourth-order valence-corrected chi connectivity index (χ4v) is 3.96. The molecule has 11 heteroatoms. The van der Waals surface area contributed by atoms with Gasteiger partial charge in [0.05, 0.1) is 0 Å². The smallest absolute Gasteiger partial charge is 0.331 e. The minimum atomic E-state index is -4.97. The zero-order valence-corrected chi connectivity index (χ0v) is 16.9. The molecule has 2 N–H and O–H groups in total. The fraction of sp³-hybridized carbons (Fsp3) is 0.500. The van der Waals surface area contributed by atoms with E-state index in [1.807, 2.05) is 0 Å². The molecule has 1 aromatic rings. The summed E-state index contributed by atoms with van der Waals surface area (Å²) < 4.78 is 38.1. The normalized spacial score (nSPS) is 17.7. The number of nitrogens with zero attached hydrogens (tertiary/aromatic N) is 2. The van der Waals surface area contributed by atoms with Gasteiger partial charge in [0.15, 0.2) is 0 Å². The number of imide groups is 1. The van der Waals surface area contributed by atoms with Crippen molar-refractivity contribution in [2.45, 2.75) is 50.9 Å². The van der Waals surface area contributed by atoms with E-state index in [4.69, 9.17) is 0 Å². The predicted octanol–water partition coefficient (Wildman–Crippen LogP) is 2.40. The van der Waals surface area contributed by atoms with Crippen molar-refractivity contribution in [3.8, 4) is 0 Å². The van der Waals surface area contributed by atoms with Crippen molar-refractivity contribution < 1.29 is 32.3 Å². The number of anilines is 1. The Bertz CT molecular complexity index is 897. The van der Waals surface area contributed by atoms with Crippen LogP contribution in [0.5, 0.6) is 0 Å². The molecule has 1 heterocycles. The second kappa shape index (κ2) is 8.56. The molecule has 2 fully saturated rings. The Labute approximate surface area is 176 Å². The van der Waals surface area contributed by atoms with Gasteiger partial charge < -0.3 is 15.5 Å². The van der Waals surface area contributed by atoms with Crippen LogP contribution in [0.3, 0.4) is 0 Å². The van der Waals surface area contributed by atoms with Gasteiger partial charge in [-0.25, -0.2) is 4.79 Å². The average Bonchev–Trinajstić information content (AvgIpc) is 3.26. The van der Waals surface area contributed by atoms with Crippen LogP contribution in [-0.2, 0) is 20.9 Å². The lowest BCUT2D eigenvalue weighted by molar-refractivity contribution is -0.185. The Morgan fingerprint density at radius 1 is 1.23 bits per heavy atom. The van der Waals surface area contributed by atoms with Gasteiger partial charge >= 0.3 is 18.1 Å². The van der Waals surface area contributed by atoms with E-state index in [-0.39, 0.29) is 18.8 Å². The summed E-state index contributed by atoms with van der Waals surface area (Å²) in [7, 11) is 0. The second-order valence-corrected chi connectivity index (χ2v) is 7.68. The highest BCUT2D eigenvalue weighted by Gasteiger charge is 2.52. The molecule has 0 aromatic heterocycles. The molecular formula is C20H23F3N4O4. The van der Waals surface area contributed by atoms with Gasteiger partial charge in [-0.15, -0.1) is 0 Å². The zero-order chi connectivity index (χ0) is 22.8. The first kappa shape index (κ1) is 22.6. The summed E-state index contributed by atoms with van der Waals surface area (Å²) in [5.74, 6) is -2.97. The van der Waals surface area contributed by atoms with Gasteiger partial charge in [0.1, 0.15) is 12.1 Å². The lowest BCUT2D eigenvalue weighted by Crippen LogP contribution is -2.44. The van der Waals surface area contributed by atoms with Crippen LogP contribution in [-0.4, -0.2) is 58.4 Å². The van der Waals surface area contributed by atoms with Crippen molar-refractivity contribution in [3.05, 3.63) is 29.8 Å². The van der Waals surface area contributed by atoms with Crippen molar-refractivity contribution in [2.24, 2.45) is 0 Å². The van der Waals surface area contributed by atoms with E-state index in [1.165, 1.54) is 31.2 Å². The van der Waals surface area contributed by atoms with Crippen LogP contribution in [0.15, 0.2) is 24.3 Å². The minimum Gasteiger partial charge on any atom is -0.331 e. The van der Waals surface area contributed by atoms with Crippen molar-refractivity contribution in [2.75, 3.05) is 18.4 Å². The van der Waals surface area contributed by atoms with E-state index in [0.29, 0.717) is 23.3 Å². The molecular weight excluding hydrogens is 417 g/mol. The topological polar surface area (TPSA) is 98.8 Å². The van der Waals surface area contributed by atoms with Crippen LogP contribution in [0.25, 0.3) is 0 Å². The van der Waals surface area contributed by atoms with Crippen molar-refractivity contribution in [1.82, 2.24) is 15.1 Å². The van der Waals surface area contributed by atoms with Gasteiger partial charge in [-0.2, -0.15) is 13.2 Å². The van der Waals surface area contributed by atoms with Gasteiger partial charge in [-0.1, -0.05) is 25.0 Å². The summed E-state index contributed by atoms with van der Waals surface area (Å²) in [6.07, 6.45) is -2.24. The number of hydrogen-bond acceptors (Lipinski definition) is 4. The molecule has 1 saturated heterocycles. The van der Waals surface area contributed by atoms with Crippen LogP contribution < -0.4 is 10.6 Å². The van der Waals surface area contributed by atoms with Gasteiger partial charge in [-0.3, -0.25) is 19.3 Å². The molecule has 3 rings (SSSR count). The Hall–Kier alpha value is -3.11. The van der Waals surface area contributed by atoms with Crippen molar-refractivity contribution in [3.63, 3.8) is 0 Å². The fourth-order valence-electron chi connectivity index (χ4n) is 3.96. The molecule has 1 spiro atoms. The van der Waals surface area contributed by atoms with Crippen LogP contribution in [0.4, 0.5) is 23.7 Å². The van der Waals surface area contributed by atoms with Gasteiger partial charge in [-0.05, 0) is 37.5 Å². The number of benzene rings is 1. The molecule has 168 valence electrons. The molecule has 8 nitrogen and oxygen atoms in total. The maximum absolute atomic E-state index is 12.7. The average molecular weight is 440 g/mol. The Kier molecular flexibility index (Phi) is 6.23. The molecule has 1 saturated carbocycles. The van der Waals surface area contributed by atoms with Gasteiger partial charge in [0.25, 0.3) is 5.91 Å². The van der Waals surface area contributed by atoms with E-state index in [1.54, 1.807) is 0 Å². The number of alkyl halides is 3. The predicted molar refractivity (Wildman–Crippen MR) is 104 cm³/mol. The number of rotatable bonds is 6. The van der Waals surface area contributed by atoms with E-state index in [0.717, 1.165) is 17.7 Å². The van der Waals surface area contributed by atoms with Crippen LogP contribution in [0, 0.1) is 0 Å². The lowest BCUT2D eigenvalue weighted by Gasteiger charge is -2.22. The zero-order valence-electron chi connectivity index (χ0n) is 16.9. The third-order valence-corrected chi connectivity index (χ3v) is 5.50. The summed E-state index contributed by atoms with van der Waals surface area (Å²) >= 11 is 0. The quantitative estimate of drug-likeness (QED) is 0.664. The molecule has 31 heavy (non-hydrogen) atoms. The van der Waals surface area contributed by atoms with E-state index in [2.05, 4.69) is 10.6 Å². The molecule has 1 aliphatic heterocycles. The maximum atomic E-state index is 12.7. The standard InChI is InChI=1S/C20H23F3N4O4/c1-2-26(17(30)20(21,22)23)11-13-6-5-7-14(10-13)24-15(28)12-27-16(29)19(25-18(27)31)8-3-4-9-19/h5-7,10H,2-4,8-9,11-12H2,1H3,(H,24,28)(H,25,31). The Morgan fingerprint density at radius 2 is 1.90 bits per heavy atom. The molecule has 0 unspecified atom stereocenters. The molecule has 0 radical (unpaired) electrons. The summed E-state index contributed by atoms with van der Waals surface area (Å²) in [6.45, 7) is 0.547. The number of amides is 5. The monoisotopic (exact) mass is 440 g/mol. The lowest BCUT2D eigenvalue weighted by atomic mass is 9.98. The summed E-state index contributed by atoms with van der Waals surface area (Å²) in [4.78, 5) is 50.2. The van der Waals surface area contributed by atoms with Crippen LogP contribution >= 0.6 is 0 Å². The van der Waals surface area contributed by atoms with Crippen LogP contribution in [0.2, 0.25) is 0 Å². The summed E-state index contributed by atoms with van der Waals surface area (Å²) in [5, 5.41) is 5.23. The molecule has 1 aromatic carbocycles. The van der Waals surface area contributed by atoms with E-state index in [9.17, 15) is 32.3 Å². The minimum absolute atomic E-state index is 0.136. The largest absolute Gasteiger partial charge is 0.471 e. The third-order valence-electron chi connectivity index (χ3n) is 5.50.